The van der Waals surface area contributed by atoms with Crippen molar-refractivity contribution in [1.82, 2.24) is 10.3 Å². The summed E-state index contributed by atoms with van der Waals surface area (Å²) in [5, 5.41) is 3.73. The van der Waals surface area contributed by atoms with E-state index in [4.69, 9.17) is 10.5 Å². The Balaban J connectivity index is 2.04. The van der Waals surface area contributed by atoms with Gasteiger partial charge in [0, 0.05) is 31.3 Å². The number of aromatic nitrogens is 1. The molecule has 0 radical (unpaired) electrons. The van der Waals surface area contributed by atoms with Crippen LogP contribution in [-0.4, -0.2) is 31.2 Å². The third-order valence-corrected chi connectivity index (χ3v) is 4.11. The molecule has 0 aliphatic rings. The maximum absolute atomic E-state index is 12.1. The van der Waals surface area contributed by atoms with Crippen LogP contribution in [0, 0.1) is 6.92 Å². The van der Waals surface area contributed by atoms with Crippen LogP contribution >= 0.6 is 11.3 Å². The molecule has 0 aliphatic carbocycles. The van der Waals surface area contributed by atoms with Crippen molar-refractivity contribution in [1.29, 1.82) is 0 Å². The molecule has 0 bridgehead atoms. The molecule has 0 saturated heterocycles. The number of carbonyl (C=O) groups excluding carboxylic acids is 1. The summed E-state index contributed by atoms with van der Waals surface area (Å²) < 4.78 is 4.96. The monoisotopic (exact) mass is 293 g/mol. The third kappa shape index (κ3) is 3.26. The molecule has 1 amide bonds. The fourth-order valence-electron chi connectivity index (χ4n) is 1.91. The lowest BCUT2D eigenvalue weighted by Gasteiger charge is -2.04. The minimum Gasteiger partial charge on any atom is -0.397 e. The van der Waals surface area contributed by atoms with Gasteiger partial charge in [-0.3, -0.25) is 4.79 Å². The number of nitrogens with one attached hydrogen (secondary N) is 1. The summed E-state index contributed by atoms with van der Waals surface area (Å²) in [7, 11) is 1.67. The first-order chi connectivity index (χ1) is 9.63. The topological polar surface area (TPSA) is 77.2 Å². The normalized spacial score (nSPS) is 10.9. The first-order valence-corrected chi connectivity index (χ1v) is 7.38. The molecule has 2 heterocycles. The van der Waals surface area contributed by atoms with Crippen LogP contribution in [0.15, 0.2) is 12.1 Å². The summed E-state index contributed by atoms with van der Waals surface area (Å²) in [6.45, 7) is 3.26. The lowest BCUT2D eigenvalue weighted by molar-refractivity contribution is 0.0956. The average Bonchev–Trinajstić information content (AvgIpc) is 2.75. The van der Waals surface area contributed by atoms with Crippen LogP contribution in [0.1, 0.15) is 28.2 Å². The van der Waals surface area contributed by atoms with Crippen molar-refractivity contribution in [3.05, 3.63) is 22.7 Å². The molecule has 108 valence electrons. The predicted molar refractivity (Wildman–Crippen MR) is 82.2 cm³/mol. The number of anilines is 1. The molecule has 0 aliphatic heterocycles. The number of ether oxygens (including phenoxy) is 1. The second kappa shape index (κ2) is 6.67. The van der Waals surface area contributed by atoms with Crippen molar-refractivity contribution in [2.75, 3.05) is 26.0 Å². The Morgan fingerprint density at radius 2 is 2.25 bits per heavy atom. The highest BCUT2D eigenvalue weighted by Gasteiger charge is 2.16. The highest BCUT2D eigenvalue weighted by molar-refractivity contribution is 7.21. The zero-order valence-electron chi connectivity index (χ0n) is 11.7. The number of nitrogen functional groups attached to an aromatic ring is 1. The zero-order chi connectivity index (χ0) is 14.5. The molecule has 0 saturated carbocycles. The van der Waals surface area contributed by atoms with Gasteiger partial charge in [0.1, 0.15) is 9.71 Å². The molecule has 0 atom stereocenters. The highest BCUT2D eigenvalue weighted by atomic mass is 32.1. The molecular formula is C14H19N3O2S. The van der Waals surface area contributed by atoms with Gasteiger partial charge in [0.2, 0.25) is 0 Å². The number of thiophene rings is 1. The number of pyridine rings is 1. The number of nitrogens with two attached hydrogens (primary N) is 1. The number of aryl methyl sites for hydroxylation is 1. The maximum Gasteiger partial charge on any atom is 0.263 e. The maximum atomic E-state index is 12.1. The third-order valence-electron chi connectivity index (χ3n) is 3.00. The lowest BCUT2D eigenvalue weighted by Crippen LogP contribution is -2.24. The van der Waals surface area contributed by atoms with Crippen molar-refractivity contribution in [3.63, 3.8) is 0 Å². The summed E-state index contributed by atoms with van der Waals surface area (Å²) in [6, 6.07) is 3.82. The van der Waals surface area contributed by atoms with Gasteiger partial charge in [-0.2, -0.15) is 0 Å². The van der Waals surface area contributed by atoms with E-state index in [2.05, 4.69) is 10.3 Å². The zero-order valence-corrected chi connectivity index (χ0v) is 12.5. The Morgan fingerprint density at radius 3 is 3.00 bits per heavy atom. The van der Waals surface area contributed by atoms with Crippen LogP contribution in [0.4, 0.5) is 5.69 Å². The van der Waals surface area contributed by atoms with Gasteiger partial charge in [0.25, 0.3) is 5.91 Å². The number of rotatable bonds is 6. The molecule has 0 spiro atoms. The summed E-state index contributed by atoms with van der Waals surface area (Å²) in [5.74, 6) is -0.124. The Morgan fingerprint density at radius 1 is 1.45 bits per heavy atom. The summed E-state index contributed by atoms with van der Waals surface area (Å²) in [4.78, 5) is 17.9. The van der Waals surface area contributed by atoms with Crippen molar-refractivity contribution >= 4 is 33.1 Å². The molecule has 0 fully saturated rings. The van der Waals surface area contributed by atoms with Crippen molar-refractivity contribution in [3.8, 4) is 0 Å². The molecule has 5 nitrogen and oxygen atoms in total. The van der Waals surface area contributed by atoms with Gasteiger partial charge in [0.05, 0.1) is 5.69 Å². The number of fused-ring (bicyclic) bond motifs is 1. The van der Waals surface area contributed by atoms with Gasteiger partial charge >= 0.3 is 0 Å². The summed E-state index contributed by atoms with van der Waals surface area (Å²) in [6.07, 6.45) is 1.82. The van der Waals surface area contributed by atoms with E-state index in [0.29, 0.717) is 23.7 Å². The standard InChI is InChI=1S/C14H19N3O2S/c1-9-5-6-10-11(15)12(20-14(10)17-9)13(18)16-7-3-4-8-19-2/h5-6H,3-4,7-8,15H2,1-2H3,(H,16,18). The van der Waals surface area contributed by atoms with Gasteiger partial charge in [0.15, 0.2) is 0 Å². The van der Waals surface area contributed by atoms with Crippen LogP contribution < -0.4 is 11.1 Å². The summed E-state index contributed by atoms with van der Waals surface area (Å²) in [5.41, 5.74) is 7.47. The van der Waals surface area contributed by atoms with E-state index >= 15 is 0 Å². The fourth-order valence-corrected chi connectivity index (χ4v) is 2.97. The number of methoxy groups -OCH3 is 1. The van der Waals surface area contributed by atoms with Gasteiger partial charge in [-0.1, -0.05) is 0 Å². The van der Waals surface area contributed by atoms with Crippen LogP contribution in [-0.2, 0) is 4.74 Å². The first-order valence-electron chi connectivity index (χ1n) is 6.56. The highest BCUT2D eigenvalue weighted by Crippen LogP contribution is 2.32. The molecule has 20 heavy (non-hydrogen) atoms. The fraction of sp³-hybridized carbons (Fsp3) is 0.429. The quantitative estimate of drug-likeness (QED) is 0.801. The number of amides is 1. The van der Waals surface area contributed by atoms with Crippen LogP contribution in [0.25, 0.3) is 10.2 Å². The van der Waals surface area contributed by atoms with Crippen LogP contribution in [0.3, 0.4) is 0 Å². The number of hydrogen-bond donors (Lipinski definition) is 2. The van der Waals surface area contributed by atoms with E-state index in [9.17, 15) is 4.79 Å². The van der Waals surface area contributed by atoms with Crippen LogP contribution in [0.2, 0.25) is 0 Å². The number of hydrogen-bond acceptors (Lipinski definition) is 5. The second-order valence-electron chi connectivity index (χ2n) is 4.61. The largest absolute Gasteiger partial charge is 0.397 e. The number of unbranched alkanes of at least 4 members (excludes halogenated alkanes) is 1. The van der Waals surface area contributed by atoms with Gasteiger partial charge in [-0.15, -0.1) is 11.3 Å². The van der Waals surface area contributed by atoms with E-state index in [1.54, 1.807) is 7.11 Å². The van der Waals surface area contributed by atoms with E-state index in [-0.39, 0.29) is 5.91 Å². The average molecular weight is 293 g/mol. The van der Waals surface area contributed by atoms with Gasteiger partial charge in [-0.25, -0.2) is 4.98 Å². The molecule has 6 heteroatoms. The predicted octanol–water partition coefficient (Wildman–Crippen LogP) is 2.34. The Labute approximate surface area is 122 Å². The second-order valence-corrected chi connectivity index (χ2v) is 5.61. The molecule has 0 aromatic carbocycles. The minimum absolute atomic E-state index is 0.124. The number of nitrogens with zero attached hydrogens (tertiary/aromatic N) is 1. The lowest BCUT2D eigenvalue weighted by atomic mass is 10.2. The smallest absolute Gasteiger partial charge is 0.263 e. The molecule has 0 unspecified atom stereocenters. The van der Waals surface area contributed by atoms with E-state index in [1.165, 1.54) is 11.3 Å². The summed E-state index contributed by atoms with van der Waals surface area (Å²) >= 11 is 1.34. The molecular weight excluding hydrogens is 274 g/mol. The van der Waals surface area contributed by atoms with E-state index in [1.807, 2.05) is 19.1 Å². The molecule has 2 aromatic rings. The minimum atomic E-state index is -0.124. The number of carbonyl (C=O) groups is 1. The Bertz CT molecular complexity index is 610. The first kappa shape index (κ1) is 14.7. The van der Waals surface area contributed by atoms with E-state index < -0.39 is 0 Å². The molecule has 3 N–H and O–H groups in total. The van der Waals surface area contributed by atoms with Crippen LogP contribution in [0.5, 0.6) is 0 Å². The Kier molecular flexibility index (Phi) is 4.92. The van der Waals surface area contributed by atoms with E-state index in [0.717, 1.165) is 28.8 Å². The Hall–Kier alpha value is -1.66. The van der Waals surface area contributed by atoms with Gasteiger partial charge in [-0.05, 0) is 31.9 Å². The molecule has 2 rings (SSSR count). The SMILES string of the molecule is COCCCCNC(=O)c1sc2nc(C)ccc2c1N. The molecule has 2 aromatic heterocycles. The van der Waals surface area contributed by atoms with Crippen molar-refractivity contribution in [2.24, 2.45) is 0 Å². The van der Waals surface area contributed by atoms with Gasteiger partial charge < -0.3 is 15.8 Å². The van der Waals surface area contributed by atoms with Crippen molar-refractivity contribution < 1.29 is 9.53 Å². The van der Waals surface area contributed by atoms with Crippen molar-refractivity contribution in [2.45, 2.75) is 19.8 Å².